The van der Waals surface area contributed by atoms with Gasteiger partial charge in [-0.05, 0) is 61.4 Å². The highest BCUT2D eigenvalue weighted by molar-refractivity contribution is 5.89. The zero-order chi connectivity index (χ0) is 26.1. The highest BCUT2D eigenvalue weighted by Crippen LogP contribution is 2.39. The molecule has 2 aromatic heterocycles. The maximum Gasteiger partial charge on any atom is 0.573 e. The van der Waals surface area contributed by atoms with Crippen LogP contribution in [0.3, 0.4) is 0 Å². The van der Waals surface area contributed by atoms with Crippen molar-refractivity contribution < 1.29 is 36.6 Å². The van der Waals surface area contributed by atoms with E-state index in [2.05, 4.69) is 15.0 Å². The van der Waals surface area contributed by atoms with Crippen molar-refractivity contribution >= 4 is 11.7 Å². The number of aryl methyl sites for hydroxylation is 2. The van der Waals surface area contributed by atoms with E-state index in [0.717, 1.165) is 6.07 Å². The molecule has 0 aliphatic carbocycles. The fourth-order valence-electron chi connectivity index (χ4n) is 4.27. The van der Waals surface area contributed by atoms with Gasteiger partial charge in [0.05, 0.1) is 5.69 Å². The smallest absolute Gasteiger partial charge is 0.459 e. The second-order valence-electron chi connectivity index (χ2n) is 8.72. The molecule has 0 unspecified atom stereocenters. The number of nitrogens with zero attached hydrogens (tertiary/aromatic N) is 2. The second kappa shape index (κ2) is 9.81. The number of benzene rings is 1. The number of likely N-dealkylation sites (tertiary alicyclic amines) is 1. The lowest BCUT2D eigenvalue weighted by Crippen LogP contribution is -2.45. The number of aliphatic hydroxyl groups excluding tert-OH is 1. The standard InChI is InChI=1S/C25H25F4N3O4/c1-15-12-18(3-5-20(15)36-25(27,28)29)31-23(34)32-9-7-24(26,8-10-32)22-16(2)11-17(13-30-22)21-6-4-19(14-33)35-21/h3-6,11-13,33H,7-10,14H2,1-2H3,(H,31,34). The minimum absolute atomic E-state index is 0.0421. The van der Waals surface area contributed by atoms with Crippen LogP contribution in [0.15, 0.2) is 47.0 Å². The first-order valence-electron chi connectivity index (χ1n) is 11.3. The van der Waals surface area contributed by atoms with Crippen LogP contribution in [0.4, 0.5) is 28.0 Å². The number of hydrogen-bond donors (Lipinski definition) is 2. The number of piperidine rings is 1. The van der Waals surface area contributed by atoms with Crippen LogP contribution >= 0.6 is 0 Å². The number of anilines is 1. The predicted octanol–water partition coefficient (Wildman–Crippen LogP) is 5.84. The molecule has 36 heavy (non-hydrogen) atoms. The number of rotatable bonds is 5. The van der Waals surface area contributed by atoms with E-state index in [9.17, 15) is 18.0 Å². The van der Waals surface area contributed by atoms with E-state index >= 15 is 4.39 Å². The highest BCUT2D eigenvalue weighted by Gasteiger charge is 2.40. The number of carbonyl (C=O) groups is 1. The summed E-state index contributed by atoms with van der Waals surface area (Å²) in [5.74, 6) is 0.587. The molecule has 0 radical (unpaired) electrons. The van der Waals surface area contributed by atoms with E-state index in [-0.39, 0.29) is 43.9 Å². The van der Waals surface area contributed by atoms with E-state index in [1.807, 2.05) is 0 Å². The number of ether oxygens (including phenoxy) is 1. The third kappa shape index (κ3) is 5.62. The van der Waals surface area contributed by atoms with Crippen molar-refractivity contribution in [1.82, 2.24) is 9.88 Å². The number of hydrogen-bond acceptors (Lipinski definition) is 5. The van der Waals surface area contributed by atoms with Crippen molar-refractivity contribution in [3.63, 3.8) is 0 Å². The summed E-state index contributed by atoms with van der Waals surface area (Å²) in [6.45, 7) is 3.25. The van der Waals surface area contributed by atoms with Gasteiger partial charge in [-0.2, -0.15) is 0 Å². The molecule has 0 atom stereocenters. The van der Waals surface area contributed by atoms with Gasteiger partial charge in [0.2, 0.25) is 0 Å². The molecule has 1 aliphatic rings. The van der Waals surface area contributed by atoms with Crippen LogP contribution in [-0.4, -0.2) is 40.5 Å². The molecule has 1 saturated heterocycles. The monoisotopic (exact) mass is 507 g/mol. The summed E-state index contributed by atoms with van der Waals surface area (Å²) < 4.78 is 62.7. The van der Waals surface area contributed by atoms with Crippen molar-refractivity contribution in [1.29, 1.82) is 0 Å². The average molecular weight is 507 g/mol. The van der Waals surface area contributed by atoms with Gasteiger partial charge in [0, 0.05) is 43.4 Å². The zero-order valence-electron chi connectivity index (χ0n) is 19.7. The zero-order valence-corrected chi connectivity index (χ0v) is 19.7. The number of amides is 2. The lowest BCUT2D eigenvalue weighted by molar-refractivity contribution is -0.274. The summed E-state index contributed by atoms with van der Waals surface area (Å²) in [6.07, 6.45) is -3.20. The number of aliphatic hydroxyl groups is 1. The van der Waals surface area contributed by atoms with Crippen LogP contribution in [0, 0.1) is 13.8 Å². The van der Waals surface area contributed by atoms with E-state index in [4.69, 9.17) is 9.52 Å². The van der Waals surface area contributed by atoms with Gasteiger partial charge in [-0.25, -0.2) is 9.18 Å². The normalized spacial score (nSPS) is 15.6. The summed E-state index contributed by atoms with van der Waals surface area (Å²) in [5.41, 5.74) is 0.408. The summed E-state index contributed by atoms with van der Waals surface area (Å²) in [7, 11) is 0. The summed E-state index contributed by atoms with van der Waals surface area (Å²) in [5, 5.41) is 11.8. The molecular weight excluding hydrogens is 482 g/mol. The lowest BCUT2D eigenvalue weighted by atomic mass is 9.87. The summed E-state index contributed by atoms with van der Waals surface area (Å²) >= 11 is 0. The molecule has 192 valence electrons. The molecule has 0 spiro atoms. The molecule has 4 rings (SSSR count). The van der Waals surface area contributed by atoms with E-state index < -0.39 is 18.1 Å². The van der Waals surface area contributed by atoms with Crippen LogP contribution < -0.4 is 10.1 Å². The highest BCUT2D eigenvalue weighted by atomic mass is 19.4. The van der Waals surface area contributed by atoms with Crippen molar-refractivity contribution in [3.05, 3.63) is 65.2 Å². The second-order valence-corrected chi connectivity index (χ2v) is 8.72. The molecule has 11 heteroatoms. The minimum Gasteiger partial charge on any atom is -0.459 e. The number of pyridine rings is 1. The Morgan fingerprint density at radius 3 is 2.47 bits per heavy atom. The number of carbonyl (C=O) groups excluding carboxylic acids is 1. The maximum atomic E-state index is 15.9. The maximum absolute atomic E-state index is 15.9. The molecule has 1 aliphatic heterocycles. The molecule has 1 fully saturated rings. The number of nitrogens with one attached hydrogen (secondary N) is 1. The Labute approximate surface area is 204 Å². The van der Waals surface area contributed by atoms with Crippen molar-refractivity contribution in [2.24, 2.45) is 0 Å². The fourth-order valence-corrected chi connectivity index (χ4v) is 4.27. The van der Waals surface area contributed by atoms with Crippen molar-refractivity contribution in [2.45, 2.75) is 45.3 Å². The SMILES string of the molecule is Cc1cc(NC(=O)N2CCC(F)(c3ncc(-c4ccc(CO)o4)cc3C)CC2)ccc1OC(F)(F)F. The number of halogens is 4. The number of urea groups is 1. The van der Waals surface area contributed by atoms with E-state index in [1.54, 1.807) is 25.1 Å². The molecule has 1 aromatic carbocycles. The Kier molecular flexibility index (Phi) is 6.94. The molecule has 7 nitrogen and oxygen atoms in total. The first-order chi connectivity index (χ1) is 17.0. The predicted molar refractivity (Wildman–Crippen MR) is 123 cm³/mol. The van der Waals surface area contributed by atoms with Crippen molar-refractivity contribution in [3.8, 4) is 17.1 Å². The van der Waals surface area contributed by atoms with Gasteiger partial charge in [0.25, 0.3) is 0 Å². The third-order valence-corrected chi connectivity index (χ3v) is 6.10. The van der Waals surface area contributed by atoms with Crippen LogP contribution in [0.5, 0.6) is 5.75 Å². The van der Waals surface area contributed by atoms with E-state index in [1.165, 1.54) is 30.2 Å². The summed E-state index contributed by atoms with van der Waals surface area (Å²) in [4.78, 5) is 18.5. The lowest BCUT2D eigenvalue weighted by Gasteiger charge is -2.36. The molecule has 0 bridgehead atoms. The number of furan rings is 1. The van der Waals surface area contributed by atoms with E-state index in [0.29, 0.717) is 34.0 Å². The van der Waals surface area contributed by atoms with Gasteiger partial charge in [-0.15, -0.1) is 13.2 Å². The van der Waals surface area contributed by atoms with Crippen LogP contribution in [0.2, 0.25) is 0 Å². The van der Waals surface area contributed by atoms with Gasteiger partial charge in [0.15, 0.2) is 5.67 Å². The molecule has 3 heterocycles. The quantitative estimate of drug-likeness (QED) is 0.424. The van der Waals surface area contributed by atoms with Gasteiger partial charge >= 0.3 is 12.4 Å². The third-order valence-electron chi connectivity index (χ3n) is 6.10. The Balaban J connectivity index is 1.39. The van der Waals surface area contributed by atoms with Gasteiger partial charge in [-0.3, -0.25) is 4.98 Å². The topological polar surface area (TPSA) is 87.8 Å². The Bertz CT molecular complexity index is 1250. The van der Waals surface area contributed by atoms with Crippen molar-refractivity contribution in [2.75, 3.05) is 18.4 Å². The Morgan fingerprint density at radius 1 is 1.17 bits per heavy atom. The van der Waals surface area contributed by atoms with Gasteiger partial charge in [0.1, 0.15) is 23.9 Å². The fraction of sp³-hybridized carbons (Fsp3) is 0.360. The molecule has 0 saturated carbocycles. The van der Waals surface area contributed by atoms with Crippen LogP contribution in [0.25, 0.3) is 11.3 Å². The first kappa shape index (κ1) is 25.5. The van der Waals surface area contributed by atoms with Gasteiger partial charge in [-0.1, -0.05) is 0 Å². The van der Waals surface area contributed by atoms with Crippen LogP contribution in [-0.2, 0) is 12.3 Å². The van der Waals surface area contributed by atoms with Crippen LogP contribution in [0.1, 0.15) is 35.4 Å². The number of alkyl halides is 4. The summed E-state index contributed by atoms with van der Waals surface area (Å²) in [6, 6.07) is 8.49. The molecule has 2 amide bonds. The Morgan fingerprint density at radius 2 is 1.89 bits per heavy atom. The molecular formula is C25H25F4N3O4. The molecule has 2 N–H and O–H groups in total. The first-order valence-corrected chi connectivity index (χ1v) is 11.3. The minimum atomic E-state index is -4.81. The molecule has 3 aromatic rings. The Hall–Kier alpha value is -3.60. The van der Waals surface area contributed by atoms with Gasteiger partial charge < -0.3 is 24.5 Å². The largest absolute Gasteiger partial charge is 0.573 e. The number of aromatic nitrogens is 1. The average Bonchev–Trinajstić information content (AvgIpc) is 3.30.